The predicted octanol–water partition coefficient (Wildman–Crippen LogP) is 3.94. The minimum atomic E-state index is -0.318. The van der Waals surface area contributed by atoms with E-state index in [9.17, 15) is 9.18 Å². The highest BCUT2D eigenvalue weighted by Gasteiger charge is 2.28. The number of aromatic nitrogens is 3. The molecule has 1 saturated heterocycles. The molecule has 0 spiro atoms. The number of anilines is 2. The van der Waals surface area contributed by atoms with E-state index in [0.29, 0.717) is 12.2 Å². The molecular weight excluding hydrogens is 377 g/mol. The summed E-state index contributed by atoms with van der Waals surface area (Å²) in [5, 5.41) is 13.3. The first-order valence-corrected chi connectivity index (χ1v) is 10.1. The van der Waals surface area contributed by atoms with E-state index in [-0.39, 0.29) is 17.6 Å². The Kier molecular flexibility index (Phi) is 5.13. The van der Waals surface area contributed by atoms with Crippen LogP contribution in [-0.4, -0.2) is 33.8 Å². The van der Waals surface area contributed by atoms with Gasteiger partial charge in [0.25, 0.3) is 0 Å². The van der Waals surface area contributed by atoms with Gasteiger partial charge in [0.15, 0.2) is 0 Å². The summed E-state index contributed by atoms with van der Waals surface area (Å²) in [6, 6.07) is 9.97. The third kappa shape index (κ3) is 3.77. The lowest BCUT2D eigenvalue weighted by Crippen LogP contribution is -2.40. The van der Waals surface area contributed by atoms with Crippen molar-refractivity contribution in [2.75, 3.05) is 23.3 Å². The van der Waals surface area contributed by atoms with Crippen molar-refractivity contribution in [2.24, 2.45) is 5.92 Å². The van der Waals surface area contributed by atoms with Gasteiger partial charge >= 0.3 is 0 Å². The van der Waals surface area contributed by atoms with Crippen LogP contribution in [0.4, 0.5) is 15.2 Å². The van der Waals surface area contributed by atoms with Crippen molar-refractivity contribution < 1.29 is 9.18 Å². The largest absolute Gasteiger partial charge is 0.346 e. The number of piperidine rings is 1. The Balaban J connectivity index is 1.45. The summed E-state index contributed by atoms with van der Waals surface area (Å²) in [5.41, 5.74) is 2.85. The highest BCUT2D eigenvalue weighted by molar-refractivity contribution is 7.17. The molecule has 1 aromatic carbocycles. The molecule has 4 rings (SSSR count). The van der Waals surface area contributed by atoms with Gasteiger partial charge < -0.3 is 10.2 Å². The smallest absolute Gasteiger partial charge is 0.229 e. The van der Waals surface area contributed by atoms with Crippen LogP contribution in [0.15, 0.2) is 36.4 Å². The molecule has 1 aliphatic heterocycles. The summed E-state index contributed by atoms with van der Waals surface area (Å²) in [5.74, 6) is -0.499. The van der Waals surface area contributed by atoms with Gasteiger partial charge in [-0.2, -0.15) is 0 Å². The number of carbonyl (C=O) groups excluding carboxylic acids is 1. The molecule has 8 heteroatoms. The number of carbonyl (C=O) groups is 1. The lowest BCUT2D eigenvalue weighted by molar-refractivity contribution is -0.120. The van der Waals surface area contributed by atoms with Crippen LogP contribution in [-0.2, 0) is 4.79 Å². The topological polar surface area (TPSA) is 63.1 Å². The van der Waals surface area contributed by atoms with E-state index < -0.39 is 0 Å². The number of benzene rings is 1. The number of nitrogens with zero attached hydrogens (tertiary/aromatic N) is 4. The van der Waals surface area contributed by atoms with Crippen molar-refractivity contribution in [2.45, 2.75) is 26.7 Å². The molecule has 1 atom stereocenters. The van der Waals surface area contributed by atoms with Gasteiger partial charge in [0.05, 0.1) is 5.92 Å². The van der Waals surface area contributed by atoms with E-state index in [1.807, 2.05) is 13.8 Å². The molecule has 1 unspecified atom stereocenters. The van der Waals surface area contributed by atoms with Crippen molar-refractivity contribution in [3.8, 4) is 5.13 Å². The summed E-state index contributed by atoms with van der Waals surface area (Å²) in [4.78, 5) is 14.8. The van der Waals surface area contributed by atoms with Crippen LogP contribution < -0.4 is 10.2 Å². The molecule has 146 valence electrons. The van der Waals surface area contributed by atoms with Gasteiger partial charge in [-0.05, 0) is 63.1 Å². The molecule has 0 radical (unpaired) electrons. The van der Waals surface area contributed by atoms with E-state index in [2.05, 4.69) is 37.1 Å². The fourth-order valence-electron chi connectivity index (χ4n) is 3.54. The molecule has 3 aromatic rings. The van der Waals surface area contributed by atoms with Crippen molar-refractivity contribution in [3.05, 3.63) is 53.6 Å². The molecular formula is C20H22FN5OS. The highest BCUT2D eigenvalue weighted by Crippen LogP contribution is 2.29. The van der Waals surface area contributed by atoms with Crippen LogP contribution in [0.3, 0.4) is 0 Å². The van der Waals surface area contributed by atoms with Gasteiger partial charge in [0, 0.05) is 30.2 Å². The monoisotopic (exact) mass is 399 g/mol. The maximum absolute atomic E-state index is 13.0. The highest BCUT2D eigenvalue weighted by atomic mass is 32.1. The van der Waals surface area contributed by atoms with E-state index in [4.69, 9.17) is 0 Å². The van der Waals surface area contributed by atoms with Gasteiger partial charge in [0.1, 0.15) is 5.82 Å². The van der Waals surface area contributed by atoms with Crippen molar-refractivity contribution in [3.63, 3.8) is 0 Å². The van der Waals surface area contributed by atoms with E-state index in [1.54, 1.807) is 12.1 Å². The van der Waals surface area contributed by atoms with Gasteiger partial charge in [0.2, 0.25) is 16.2 Å². The Bertz CT molecular complexity index is 961. The SMILES string of the molecule is Cc1ccc(C)n1-c1nnc(N2CCCC(C(=O)Nc3ccc(F)cc3)C2)s1. The Morgan fingerprint density at radius 1 is 1.11 bits per heavy atom. The van der Waals surface area contributed by atoms with Crippen molar-refractivity contribution in [1.29, 1.82) is 0 Å². The zero-order valence-electron chi connectivity index (χ0n) is 15.9. The van der Waals surface area contributed by atoms with E-state index >= 15 is 0 Å². The van der Waals surface area contributed by atoms with Crippen LogP contribution in [0.5, 0.6) is 0 Å². The zero-order valence-corrected chi connectivity index (χ0v) is 16.7. The van der Waals surface area contributed by atoms with Crippen molar-refractivity contribution in [1.82, 2.24) is 14.8 Å². The minimum absolute atomic E-state index is 0.0434. The second kappa shape index (κ2) is 7.71. The molecule has 0 aliphatic carbocycles. The van der Waals surface area contributed by atoms with Crippen LogP contribution in [0.25, 0.3) is 5.13 Å². The number of hydrogen-bond donors (Lipinski definition) is 1. The van der Waals surface area contributed by atoms with Gasteiger partial charge in [-0.25, -0.2) is 4.39 Å². The van der Waals surface area contributed by atoms with Gasteiger partial charge in [-0.1, -0.05) is 11.3 Å². The molecule has 1 aliphatic rings. The molecule has 1 amide bonds. The summed E-state index contributed by atoms with van der Waals surface area (Å²) < 4.78 is 15.1. The first-order valence-electron chi connectivity index (χ1n) is 9.31. The first-order chi connectivity index (χ1) is 13.5. The number of halogens is 1. The van der Waals surface area contributed by atoms with Crippen molar-refractivity contribution >= 4 is 28.1 Å². The standard InChI is InChI=1S/C20H22FN5OS/c1-13-5-6-14(2)26(13)20-24-23-19(28-20)25-11-3-4-15(12-25)18(27)22-17-9-7-16(21)8-10-17/h5-10,15H,3-4,11-12H2,1-2H3,(H,22,27). The van der Waals surface area contributed by atoms with Crippen LogP contribution >= 0.6 is 11.3 Å². The molecule has 1 N–H and O–H groups in total. The molecule has 3 heterocycles. The fourth-order valence-corrected chi connectivity index (χ4v) is 4.54. The summed E-state index contributed by atoms with van der Waals surface area (Å²) >= 11 is 1.54. The normalized spacial score (nSPS) is 17.0. The lowest BCUT2D eigenvalue weighted by atomic mass is 9.97. The minimum Gasteiger partial charge on any atom is -0.346 e. The fraction of sp³-hybridized carbons (Fsp3) is 0.350. The summed E-state index contributed by atoms with van der Waals surface area (Å²) in [6.07, 6.45) is 1.74. The average molecular weight is 399 g/mol. The average Bonchev–Trinajstić information content (AvgIpc) is 3.30. The Labute approximate surface area is 167 Å². The molecule has 2 aromatic heterocycles. The van der Waals surface area contributed by atoms with Gasteiger partial charge in [-0.3, -0.25) is 9.36 Å². The predicted molar refractivity (Wildman–Crippen MR) is 109 cm³/mol. The molecule has 28 heavy (non-hydrogen) atoms. The Morgan fingerprint density at radius 2 is 1.79 bits per heavy atom. The number of hydrogen-bond acceptors (Lipinski definition) is 5. The van der Waals surface area contributed by atoms with E-state index in [0.717, 1.165) is 41.0 Å². The molecule has 0 saturated carbocycles. The second-order valence-electron chi connectivity index (χ2n) is 7.10. The number of nitrogens with one attached hydrogen (secondary N) is 1. The second-order valence-corrected chi connectivity index (χ2v) is 8.03. The Morgan fingerprint density at radius 3 is 2.50 bits per heavy atom. The molecule has 0 bridgehead atoms. The zero-order chi connectivity index (χ0) is 19.7. The third-order valence-corrected chi connectivity index (χ3v) is 6.01. The quantitative estimate of drug-likeness (QED) is 0.722. The molecule has 1 fully saturated rings. The van der Waals surface area contributed by atoms with Crippen LogP contribution in [0, 0.1) is 25.6 Å². The van der Waals surface area contributed by atoms with Crippen LogP contribution in [0.2, 0.25) is 0 Å². The first kappa shape index (κ1) is 18.6. The number of rotatable bonds is 4. The number of aryl methyl sites for hydroxylation is 2. The Hall–Kier alpha value is -2.74. The van der Waals surface area contributed by atoms with E-state index in [1.165, 1.54) is 23.5 Å². The maximum Gasteiger partial charge on any atom is 0.229 e. The maximum atomic E-state index is 13.0. The lowest BCUT2D eigenvalue weighted by Gasteiger charge is -2.31. The van der Waals surface area contributed by atoms with Gasteiger partial charge in [-0.15, -0.1) is 10.2 Å². The summed E-state index contributed by atoms with van der Waals surface area (Å²) in [6.45, 7) is 5.56. The summed E-state index contributed by atoms with van der Waals surface area (Å²) in [7, 11) is 0. The third-order valence-electron chi connectivity index (χ3n) is 5.04. The molecule has 6 nitrogen and oxygen atoms in total. The number of amides is 1. The van der Waals surface area contributed by atoms with Crippen LogP contribution in [0.1, 0.15) is 24.2 Å².